The molecular formula is C22H27NO4. The fourth-order valence-corrected chi connectivity index (χ4v) is 3.37. The number of carbonyl (C=O) groups is 1. The summed E-state index contributed by atoms with van der Waals surface area (Å²) < 4.78 is 15.8. The first-order chi connectivity index (χ1) is 13.1. The van der Waals surface area contributed by atoms with Crippen LogP contribution >= 0.6 is 0 Å². The van der Waals surface area contributed by atoms with Gasteiger partial charge < -0.3 is 19.1 Å². The number of rotatable bonds is 9. The summed E-state index contributed by atoms with van der Waals surface area (Å²) in [6.07, 6.45) is 2.14. The van der Waals surface area contributed by atoms with Crippen molar-refractivity contribution in [3.8, 4) is 11.5 Å². The van der Waals surface area contributed by atoms with E-state index in [4.69, 9.17) is 14.2 Å². The van der Waals surface area contributed by atoms with Gasteiger partial charge >= 0.3 is 5.97 Å². The lowest BCUT2D eigenvalue weighted by Crippen LogP contribution is -2.52. The van der Waals surface area contributed by atoms with Crippen LogP contribution in [0.2, 0.25) is 0 Å². The average molecular weight is 369 g/mol. The van der Waals surface area contributed by atoms with Gasteiger partial charge in [-0.25, -0.2) is 4.79 Å². The Kier molecular flexibility index (Phi) is 6.88. The zero-order valence-electron chi connectivity index (χ0n) is 16.4. The first-order valence-electron chi connectivity index (χ1n) is 8.82. The topological polar surface area (TPSA) is 48.0 Å². The fourth-order valence-electron chi connectivity index (χ4n) is 3.37. The predicted octanol–water partition coefficient (Wildman–Crippen LogP) is 4.17. The summed E-state index contributed by atoms with van der Waals surface area (Å²) >= 11 is 0. The molecule has 0 amide bonds. The summed E-state index contributed by atoms with van der Waals surface area (Å²) in [5.41, 5.74) is 0.667. The van der Waals surface area contributed by atoms with Gasteiger partial charge in [-0.15, -0.1) is 6.58 Å². The van der Waals surface area contributed by atoms with Crippen LogP contribution < -0.4 is 14.4 Å². The largest absolute Gasteiger partial charge is 0.497 e. The van der Waals surface area contributed by atoms with Crippen molar-refractivity contribution in [1.29, 1.82) is 0 Å². The summed E-state index contributed by atoms with van der Waals surface area (Å²) in [5, 5.41) is 0. The van der Waals surface area contributed by atoms with Crippen molar-refractivity contribution in [1.82, 2.24) is 0 Å². The molecule has 0 fully saturated rings. The predicted molar refractivity (Wildman–Crippen MR) is 108 cm³/mol. The van der Waals surface area contributed by atoms with E-state index in [0.717, 1.165) is 22.7 Å². The molecular weight excluding hydrogens is 342 g/mol. The summed E-state index contributed by atoms with van der Waals surface area (Å²) in [4.78, 5) is 15.1. The van der Waals surface area contributed by atoms with E-state index in [1.807, 2.05) is 60.4 Å². The van der Waals surface area contributed by atoms with E-state index in [1.54, 1.807) is 20.3 Å². The van der Waals surface area contributed by atoms with Crippen LogP contribution in [0.3, 0.4) is 0 Å². The lowest BCUT2D eigenvalue weighted by atomic mass is 9.83. The Labute approximate surface area is 161 Å². The standard InChI is InChI=1S/C22H27NO4/c1-6-16-22(21(24)27-5,17-8-12-19(25-3)13-9-17)23(7-2)18-10-14-20(26-4)15-11-18/h6,8-15H,1,7,16H2,2-5H3. The third kappa shape index (κ3) is 3.92. The molecule has 5 nitrogen and oxygen atoms in total. The number of carbonyl (C=O) groups excluding carboxylic acids is 1. The summed E-state index contributed by atoms with van der Waals surface area (Å²) in [5.74, 6) is 1.14. The Morgan fingerprint density at radius 3 is 1.93 bits per heavy atom. The van der Waals surface area contributed by atoms with E-state index in [0.29, 0.717) is 13.0 Å². The van der Waals surface area contributed by atoms with E-state index in [-0.39, 0.29) is 5.97 Å². The molecule has 0 heterocycles. The smallest absolute Gasteiger partial charge is 0.336 e. The minimum Gasteiger partial charge on any atom is -0.497 e. The molecule has 0 spiro atoms. The highest BCUT2D eigenvalue weighted by molar-refractivity contribution is 5.87. The monoisotopic (exact) mass is 369 g/mol. The fraction of sp³-hybridized carbons (Fsp3) is 0.318. The number of likely N-dealkylation sites (N-methyl/N-ethyl adjacent to an activating group) is 1. The van der Waals surface area contributed by atoms with Crippen molar-refractivity contribution in [3.05, 3.63) is 66.7 Å². The lowest BCUT2D eigenvalue weighted by Gasteiger charge is -2.42. The van der Waals surface area contributed by atoms with Gasteiger partial charge in [-0.1, -0.05) is 18.2 Å². The summed E-state index contributed by atoms with van der Waals surface area (Å²) in [6, 6.07) is 15.1. The van der Waals surface area contributed by atoms with Gasteiger partial charge in [0.1, 0.15) is 11.5 Å². The molecule has 0 radical (unpaired) electrons. The molecule has 1 unspecified atom stereocenters. The van der Waals surface area contributed by atoms with Crippen LogP contribution in [-0.4, -0.2) is 33.8 Å². The van der Waals surface area contributed by atoms with Crippen LogP contribution in [0.25, 0.3) is 0 Å². The highest BCUT2D eigenvalue weighted by atomic mass is 16.5. The molecule has 2 rings (SSSR count). The van der Waals surface area contributed by atoms with Gasteiger partial charge in [0.2, 0.25) is 0 Å². The van der Waals surface area contributed by atoms with E-state index in [9.17, 15) is 4.79 Å². The molecule has 0 bridgehead atoms. The average Bonchev–Trinajstić information content (AvgIpc) is 2.73. The number of anilines is 1. The van der Waals surface area contributed by atoms with Crippen molar-refractivity contribution >= 4 is 11.7 Å². The Morgan fingerprint density at radius 2 is 1.52 bits per heavy atom. The number of esters is 1. The van der Waals surface area contributed by atoms with Crippen LogP contribution in [-0.2, 0) is 15.1 Å². The maximum atomic E-state index is 13.1. The molecule has 144 valence electrons. The second-order valence-electron chi connectivity index (χ2n) is 6.02. The third-order valence-corrected chi connectivity index (χ3v) is 4.69. The molecule has 0 saturated carbocycles. The van der Waals surface area contributed by atoms with Gasteiger partial charge in [0.25, 0.3) is 0 Å². The van der Waals surface area contributed by atoms with Crippen molar-refractivity contribution in [2.24, 2.45) is 0 Å². The highest BCUT2D eigenvalue weighted by Crippen LogP contribution is 2.39. The summed E-state index contributed by atoms with van der Waals surface area (Å²) in [6.45, 7) is 6.49. The van der Waals surface area contributed by atoms with Gasteiger partial charge in [-0.3, -0.25) is 0 Å². The molecule has 1 atom stereocenters. The molecule has 0 aliphatic carbocycles. The van der Waals surface area contributed by atoms with Crippen LogP contribution in [0.1, 0.15) is 18.9 Å². The van der Waals surface area contributed by atoms with Crippen molar-refractivity contribution in [2.75, 3.05) is 32.8 Å². The second-order valence-corrected chi connectivity index (χ2v) is 6.02. The van der Waals surface area contributed by atoms with Gasteiger partial charge in [-0.05, 0) is 48.9 Å². The second kappa shape index (κ2) is 9.12. The van der Waals surface area contributed by atoms with Crippen LogP contribution in [0, 0.1) is 0 Å². The lowest BCUT2D eigenvalue weighted by molar-refractivity contribution is -0.147. The number of methoxy groups -OCH3 is 3. The molecule has 2 aromatic carbocycles. The molecule has 2 aromatic rings. The van der Waals surface area contributed by atoms with E-state index in [2.05, 4.69) is 6.58 Å². The van der Waals surface area contributed by atoms with Gasteiger partial charge in [0.05, 0.1) is 21.3 Å². The van der Waals surface area contributed by atoms with Crippen LogP contribution in [0.4, 0.5) is 5.69 Å². The van der Waals surface area contributed by atoms with Gasteiger partial charge in [0, 0.05) is 18.7 Å². The molecule has 0 aliphatic heterocycles. The third-order valence-electron chi connectivity index (χ3n) is 4.69. The van der Waals surface area contributed by atoms with Gasteiger partial charge in [-0.2, -0.15) is 0 Å². The first kappa shape index (κ1) is 20.4. The maximum absolute atomic E-state index is 13.1. The minimum absolute atomic E-state index is 0.342. The Bertz CT molecular complexity index is 755. The zero-order valence-corrected chi connectivity index (χ0v) is 16.4. The number of hydrogen-bond donors (Lipinski definition) is 0. The van der Waals surface area contributed by atoms with Crippen molar-refractivity contribution in [2.45, 2.75) is 18.9 Å². The maximum Gasteiger partial charge on any atom is 0.336 e. The van der Waals surface area contributed by atoms with Crippen LogP contribution in [0.5, 0.6) is 11.5 Å². The molecule has 0 aliphatic rings. The van der Waals surface area contributed by atoms with Crippen molar-refractivity contribution in [3.63, 3.8) is 0 Å². The number of benzene rings is 2. The Balaban J connectivity index is 2.66. The van der Waals surface area contributed by atoms with E-state index in [1.165, 1.54) is 7.11 Å². The highest BCUT2D eigenvalue weighted by Gasteiger charge is 2.45. The Morgan fingerprint density at radius 1 is 1.00 bits per heavy atom. The number of hydrogen-bond acceptors (Lipinski definition) is 5. The SMILES string of the molecule is C=CCC(C(=O)OC)(c1ccc(OC)cc1)N(CC)c1ccc(OC)cc1. The summed E-state index contributed by atoms with van der Waals surface area (Å²) in [7, 11) is 4.65. The van der Waals surface area contributed by atoms with E-state index >= 15 is 0 Å². The molecule has 0 N–H and O–H groups in total. The molecule has 5 heteroatoms. The molecule has 27 heavy (non-hydrogen) atoms. The number of ether oxygens (including phenoxy) is 3. The van der Waals surface area contributed by atoms with Gasteiger partial charge in [0.15, 0.2) is 5.54 Å². The number of nitrogens with zero attached hydrogens (tertiary/aromatic N) is 1. The zero-order chi connectivity index (χ0) is 19.9. The van der Waals surface area contributed by atoms with E-state index < -0.39 is 5.54 Å². The molecule has 0 aromatic heterocycles. The quantitative estimate of drug-likeness (QED) is 0.490. The minimum atomic E-state index is -1.04. The van der Waals surface area contributed by atoms with Crippen LogP contribution in [0.15, 0.2) is 61.2 Å². The Hall–Kier alpha value is -2.95. The van der Waals surface area contributed by atoms with Crippen molar-refractivity contribution < 1.29 is 19.0 Å². The first-order valence-corrected chi connectivity index (χ1v) is 8.82. The normalized spacial score (nSPS) is 12.6. The molecule has 0 saturated heterocycles.